The summed E-state index contributed by atoms with van der Waals surface area (Å²) in [5, 5.41) is 5.11. The highest BCUT2D eigenvalue weighted by molar-refractivity contribution is 6.35. The van der Waals surface area contributed by atoms with Crippen LogP contribution in [0.4, 0.5) is 11.4 Å². The third-order valence-corrected chi connectivity index (χ3v) is 4.87. The van der Waals surface area contributed by atoms with E-state index in [4.69, 9.17) is 44.3 Å². The number of nitrogens with zero attached hydrogens (tertiary/aromatic N) is 1. The standard InChI is InChI=1S/C18H19Cl3N2O2/c1-24-18-12(8-13(19)9-16(18)21)11-22-14-2-3-17(15(20)10-14)23-4-6-25-7-5-23/h2-3,8-10,22H,4-7,11H2,1H3. The Balaban J connectivity index is 1.73. The molecule has 1 saturated heterocycles. The van der Waals surface area contributed by atoms with Gasteiger partial charge in [0.15, 0.2) is 0 Å². The quantitative estimate of drug-likeness (QED) is 0.755. The molecule has 3 rings (SSSR count). The van der Waals surface area contributed by atoms with Crippen LogP contribution < -0.4 is 15.0 Å². The first-order chi connectivity index (χ1) is 12.1. The highest BCUT2D eigenvalue weighted by atomic mass is 35.5. The van der Waals surface area contributed by atoms with Gasteiger partial charge in [-0.3, -0.25) is 0 Å². The fraction of sp³-hybridized carbons (Fsp3) is 0.333. The normalized spacial score (nSPS) is 14.5. The van der Waals surface area contributed by atoms with Crippen LogP contribution >= 0.6 is 34.8 Å². The minimum Gasteiger partial charge on any atom is -0.495 e. The monoisotopic (exact) mass is 400 g/mol. The molecule has 2 aromatic rings. The lowest BCUT2D eigenvalue weighted by Crippen LogP contribution is -2.36. The minimum absolute atomic E-state index is 0.493. The molecule has 1 fully saturated rings. The molecule has 7 heteroatoms. The number of halogens is 3. The van der Waals surface area contributed by atoms with Crippen molar-refractivity contribution in [2.75, 3.05) is 43.6 Å². The molecule has 1 heterocycles. The zero-order valence-electron chi connectivity index (χ0n) is 13.8. The Hall–Kier alpha value is -1.33. The largest absolute Gasteiger partial charge is 0.495 e. The van der Waals surface area contributed by atoms with Crippen molar-refractivity contribution in [3.63, 3.8) is 0 Å². The topological polar surface area (TPSA) is 33.7 Å². The summed E-state index contributed by atoms with van der Waals surface area (Å²) >= 11 is 18.7. The molecule has 0 spiro atoms. The summed E-state index contributed by atoms with van der Waals surface area (Å²) in [6, 6.07) is 9.46. The van der Waals surface area contributed by atoms with E-state index < -0.39 is 0 Å². The molecule has 1 N–H and O–H groups in total. The molecule has 134 valence electrons. The van der Waals surface area contributed by atoms with Crippen LogP contribution in [0.3, 0.4) is 0 Å². The average Bonchev–Trinajstić information content (AvgIpc) is 2.60. The van der Waals surface area contributed by atoms with E-state index in [1.165, 1.54) is 0 Å². The predicted octanol–water partition coefficient (Wildman–Crippen LogP) is 5.10. The first-order valence-corrected chi connectivity index (χ1v) is 9.10. The Bertz CT molecular complexity index is 749. The molecule has 1 aliphatic rings. The third kappa shape index (κ3) is 4.45. The second-order valence-electron chi connectivity index (χ2n) is 5.70. The van der Waals surface area contributed by atoms with Gasteiger partial charge in [-0.2, -0.15) is 0 Å². The predicted molar refractivity (Wildman–Crippen MR) is 105 cm³/mol. The number of hydrogen-bond acceptors (Lipinski definition) is 4. The number of methoxy groups -OCH3 is 1. The zero-order chi connectivity index (χ0) is 17.8. The molecule has 0 aromatic heterocycles. The third-order valence-electron chi connectivity index (χ3n) is 4.07. The van der Waals surface area contributed by atoms with Crippen molar-refractivity contribution in [2.45, 2.75) is 6.54 Å². The van der Waals surface area contributed by atoms with E-state index in [0.717, 1.165) is 43.2 Å². The van der Waals surface area contributed by atoms with Gasteiger partial charge in [0.25, 0.3) is 0 Å². The lowest BCUT2D eigenvalue weighted by Gasteiger charge is -2.29. The van der Waals surface area contributed by atoms with Crippen molar-refractivity contribution in [3.05, 3.63) is 51.0 Å². The molecular formula is C18H19Cl3N2O2. The summed E-state index contributed by atoms with van der Waals surface area (Å²) < 4.78 is 10.7. The van der Waals surface area contributed by atoms with Crippen LogP contribution in [0.25, 0.3) is 0 Å². The maximum absolute atomic E-state index is 6.46. The second-order valence-corrected chi connectivity index (χ2v) is 6.95. The summed E-state index contributed by atoms with van der Waals surface area (Å²) in [5.41, 5.74) is 2.83. The second kappa shape index (κ2) is 8.37. The van der Waals surface area contributed by atoms with Crippen molar-refractivity contribution in [1.82, 2.24) is 0 Å². The molecule has 0 radical (unpaired) electrons. The van der Waals surface area contributed by atoms with E-state index >= 15 is 0 Å². The van der Waals surface area contributed by atoms with Crippen LogP contribution in [-0.2, 0) is 11.3 Å². The van der Waals surface area contributed by atoms with Crippen molar-refractivity contribution in [2.24, 2.45) is 0 Å². The van der Waals surface area contributed by atoms with Gasteiger partial charge in [0.05, 0.1) is 36.1 Å². The maximum Gasteiger partial charge on any atom is 0.142 e. The van der Waals surface area contributed by atoms with Crippen molar-refractivity contribution in [1.29, 1.82) is 0 Å². The molecule has 0 amide bonds. The summed E-state index contributed by atoms with van der Waals surface area (Å²) in [7, 11) is 1.59. The highest BCUT2D eigenvalue weighted by Crippen LogP contribution is 2.33. The van der Waals surface area contributed by atoms with E-state index in [1.807, 2.05) is 24.3 Å². The SMILES string of the molecule is COc1c(Cl)cc(Cl)cc1CNc1ccc(N2CCOCC2)c(Cl)c1. The number of anilines is 2. The van der Waals surface area contributed by atoms with Crippen molar-refractivity contribution < 1.29 is 9.47 Å². The number of nitrogens with one attached hydrogen (secondary N) is 1. The van der Waals surface area contributed by atoms with Gasteiger partial charge in [0, 0.05) is 35.9 Å². The average molecular weight is 402 g/mol. The summed E-state index contributed by atoms with van der Waals surface area (Å²) in [4.78, 5) is 2.23. The summed E-state index contributed by atoms with van der Waals surface area (Å²) in [5.74, 6) is 0.620. The number of morpholine rings is 1. The lowest BCUT2D eigenvalue weighted by molar-refractivity contribution is 0.122. The number of hydrogen-bond donors (Lipinski definition) is 1. The number of rotatable bonds is 5. The molecule has 4 nitrogen and oxygen atoms in total. The van der Waals surface area contributed by atoms with Gasteiger partial charge in [-0.25, -0.2) is 0 Å². The zero-order valence-corrected chi connectivity index (χ0v) is 16.1. The Morgan fingerprint density at radius 3 is 2.52 bits per heavy atom. The van der Waals surface area contributed by atoms with E-state index in [9.17, 15) is 0 Å². The van der Waals surface area contributed by atoms with Gasteiger partial charge >= 0.3 is 0 Å². The van der Waals surface area contributed by atoms with Gasteiger partial charge in [0.1, 0.15) is 5.75 Å². The van der Waals surface area contributed by atoms with E-state index in [-0.39, 0.29) is 0 Å². The van der Waals surface area contributed by atoms with Gasteiger partial charge in [-0.05, 0) is 30.3 Å². The van der Waals surface area contributed by atoms with Gasteiger partial charge < -0.3 is 19.7 Å². The van der Waals surface area contributed by atoms with Gasteiger partial charge in [-0.15, -0.1) is 0 Å². The fourth-order valence-electron chi connectivity index (χ4n) is 2.85. The first kappa shape index (κ1) is 18.5. The fourth-order valence-corrected chi connectivity index (χ4v) is 3.76. The van der Waals surface area contributed by atoms with Crippen molar-refractivity contribution in [3.8, 4) is 5.75 Å². The van der Waals surface area contributed by atoms with E-state index in [2.05, 4.69) is 10.2 Å². The molecule has 2 aromatic carbocycles. The molecule has 1 aliphatic heterocycles. The van der Waals surface area contributed by atoms with Crippen LogP contribution in [0.15, 0.2) is 30.3 Å². The molecular weight excluding hydrogens is 383 g/mol. The van der Waals surface area contributed by atoms with E-state index in [1.54, 1.807) is 13.2 Å². The summed E-state index contributed by atoms with van der Waals surface area (Å²) in [6.45, 7) is 3.68. The number of benzene rings is 2. The molecule has 0 atom stereocenters. The van der Waals surface area contributed by atoms with Crippen LogP contribution in [0.2, 0.25) is 15.1 Å². The van der Waals surface area contributed by atoms with Crippen LogP contribution in [0, 0.1) is 0 Å². The van der Waals surface area contributed by atoms with Gasteiger partial charge in [-0.1, -0.05) is 34.8 Å². The molecule has 0 aliphatic carbocycles. The van der Waals surface area contributed by atoms with Crippen LogP contribution in [0.5, 0.6) is 5.75 Å². The Morgan fingerprint density at radius 2 is 1.84 bits per heavy atom. The maximum atomic E-state index is 6.46. The Labute approximate surface area is 162 Å². The van der Waals surface area contributed by atoms with Crippen LogP contribution in [0.1, 0.15) is 5.56 Å². The number of ether oxygens (including phenoxy) is 2. The smallest absolute Gasteiger partial charge is 0.142 e. The van der Waals surface area contributed by atoms with E-state index in [0.29, 0.717) is 27.4 Å². The van der Waals surface area contributed by atoms with Gasteiger partial charge in [0.2, 0.25) is 0 Å². The summed E-state index contributed by atoms with van der Waals surface area (Å²) in [6.07, 6.45) is 0. The molecule has 0 saturated carbocycles. The Morgan fingerprint density at radius 1 is 1.08 bits per heavy atom. The minimum atomic E-state index is 0.493. The highest BCUT2D eigenvalue weighted by Gasteiger charge is 2.15. The Kier molecular flexibility index (Phi) is 6.18. The lowest BCUT2D eigenvalue weighted by atomic mass is 10.2. The molecule has 0 unspecified atom stereocenters. The van der Waals surface area contributed by atoms with Crippen LogP contribution in [-0.4, -0.2) is 33.4 Å². The molecule has 25 heavy (non-hydrogen) atoms. The molecule has 0 bridgehead atoms. The van der Waals surface area contributed by atoms with Crippen molar-refractivity contribution >= 4 is 46.2 Å². The first-order valence-electron chi connectivity index (χ1n) is 7.96.